The number of nitrogens with one attached hydrogen (secondary N) is 1. The Morgan fingerprint density at radius 1 is 1.03 bits per heavy atom. The molecule has 2 heterocycles. The highest BCUT2D eigenvalue weighted by Gasteiger charge is 2.20. The lowest BCUT2D eigenvalue weighted by Crippen LogP contribution is -2.23. The summed E-state index contributed by atoms with van der Waals surface area (Å²) >= 11 is 1.25. The summed E-state index contributed by atoms with van der Waals surface area (Å²) in [6.07, 6.45) is 3.43. The van der Waals surface area contributed by atoms with Gasteiger partial charge in [-0.15, -0.1) is 11.3 Å². The summed E-state index contributed by atoms with van der Waals surface area (Å²) in [6.45, 7) is 0.823. The molecule has 1 N–H and O–H groups in total. The summed E-state index contributed by atoms with van der Waals surface area (Å²) in [6, 6.07) is 14.1. The van der Waals surface area contributed by atoms with Gasteiger partial charge < -0.3 is 19.5 Å². The Kier molecular flexibility index (Phi) is 7.16. The van der Waals surface area contributed by atoms with Crippen LogP contribution in [0.2, 0.25) is 0 Å². The molecule has 0 aliphatic rings. The molecule has 0 atom stereocenters. The largest absolute Gasteiger partial charge is 0.493 e. The number of carbonyl (C=O) groups is 1. The van der Waals surface area contributed by atoms with Crippen molar-refractivity contribution < 1.29 is 23.4 Å². The zero-order valence-corrected chi connectivity index (χ0v) is 19.1. The Labute approximate surface area is 194 Å². The molecule has 0 unspecified atom stereocenters. The molecule has 33 heavy (non-hydrogen) atoms. The number of methoxy groups -OCH3 is 2. The van der Waals surface area contributed by atoms with Crippen molar-refractivity contribution in [1.29, 1.82) is 0 Å². The minimum absolute atomic E-state index is 0.154. The van der Waals surface area contributed by atoms with Gasteiger partial charge in [0.1, 0.15) is 12.4 Å². The fraction of sp³-hybridized carbons (Fsp3) is 0.200. The van der Waals surface area contributed by atoms with Crippen molar-refractivity contribution in [2.24, 2.45) is 0 Å². The first-order chi connectivity index (χ1) is 16.1. The third kappa shape index (κ3) is 5.13. The Bertz CT molecular complexity index is 1260. The van der Waals surface area contributed by atoms with E-state index in [9.17, 15) is 9.18 Å². The van der Waals surface area contributed by atoms with Gasteiger partial charge in [-0.2, -0.15) is 0 Å². The summed E-state index contributed by atoms with van der Waals surface area (Å²) < 4.78 is 31.6. The minimum atomic E-state index is -0.359. The van der Waals surface area contributed by atoms with Crippen LogP contribution < -0.4 is 14.8 Å². The summed E-state index contributed by atoms with van der Waals surface area (Å²) in [5.41, 5.74) is 2.40. The molecule has 0 radical (unpaired) electrons. The van der Waals surface area contributed by atoms with Crippen molar-refractivity contribution >= 4 is 27.3 Å². The maximum absolute atomic E-state index is 14.4. The smallest absolute Gasteiger partial charge is 0.262 e. The van der Waals surface area contributed by atoms with E-state index in [1.165, 1.54) is 24.5 Å². The van der Waals surface area contributed by atoms with Crippen molar-refractivity contribution in [3.8, 4) is 11.5 Å². The highest BCUT2D eigenvalue weighted by atomic mass is 32.1. The number of nitrogens with zero attached hydrogens (tertiary/aromatic N) is 1. The van der Waals surface area contributed by atoms with Gasteiger partial charge in [0.2, 0.25) is 0 Å². The van der Waals surface area contributed by atoms with Crippen LogP contribution in [0.4, 0.5) is 4.39 Å². The fourth-order valence-electron chi connectivity index (χ4n) is 3.48. The second-order valence-electron chi connectivity index (χ2n) is 7.27. The van der Waals surface area contributed by atoms with Gasteiger partial charge in [0.15, 0.2) is 11.5 Å². The van der Waals surface area contributed by atoms with Crippen LogP contribution in [0.25, 0.3) is 10.1 Å². The first-order valence-electron chi connectivity index (χ1n) is 10.3. The number of thiophene rings is 1. The van der Waals surface area contributed by atoms with E-state index in [0.717, 1.165) is 11.1 Å². The predicted octanol–water partition coefficient (Wildman–Crippen LogP) is 5.10. The van der Waals surface area contributed by atoms with Gasteiger partial charge in [0.25, 0.3) is 5.91 Å². The summed E-state index contributed by atoms with van der Waals surface area (Å²) in [4.78, 5) is 17.4. The van der Waals surface area contributed by atoms with Crippen LogP contribution in [-0.2, 0) is 24.5 Å². The van der Waals surface area contributed by atoms with E-state index in [-0.39, 0.29) is 24.9 Å². The lowest BCUT2D eigenvalue weighted by Gasteiger charge is -2.13. The van der Waals surface area contributed by atoms with Gasteiger partial charge >= 0.3 is 0 Å². The molecule has 6 nitrogen and oxygen atoms in total. The number of amides is 1. The average Bonchev–Trinajstić information content (AvgIpc) is 3.22. The monoisotopic (exact) mass is 466 g/mol. The van der Waals surface area contributed by atoms with Gasteiger partial charge in [-0.3, -0.25) is 9.78 Å². The van der Waals surface area contributed by atoms with Gasteiger partial charge in [0.05, 0.1) is 18.6 Å². The first kappa shape index (κ1) is 22.7. The molecule has 0 bridgehead atoms. The molecule has 0 fully saturated rings. The van der Waals surface area contributed by atoms with Crippen LogP contribution in [0.3, 0.4) is 0 Å². The maximum Gasteiger partial charge on any atom is 0.262 e. The number of halogens is 1. The average molecular weight is 467 g/mol. The quantitative estimate of drug-likeness (QED) is 0.372. The van der Waals surface area contributed by atoms with Crippen molar-refractivity contribution in [3.63, 3.8) is 0 Å². The van der Waals surface area contributed by atoms with Crippen LogP contribution in [-0.4, -0.2) is 25.1 Å². The molecule has 1 amide bonds. The van der Waals surface area contributed by atoms with Crippen LogP contribution in [0.1, 0.15) is 26.4 Å². The van der Waals surface area contributed by atoms with Crippen LogP contribution in [0.5, 0.6) is 11.5 Å². The van der Waals surface area contributed by atoms with E-state index in [2.05, 4.69) is 10.3 Å². The van der Waals surface area contributed by atoms with Gasteiger partial charge in [-0.1, -0.05) is 12.1 Å². The zero-order chi connectivity index (χ0) is 23.2. The third-order valence-electron chi connectivity index (χ3n) is 5.08. The SMILES string of the molecule is COCc1c(C(=O)NCc2ccc(OCc3ccncc3)c(OC)c2)sc2cccc(F)c12. The normalized spacial score (nSPS) is 10.9. The molecular weight excluding hydrogens is 443 g/mol. The van der Waals surface area contributed by atoms with Crippen LogP contribution >= 0.6 is 11.3 Å². The topological polar surface area (TPSA) is 69.7 Å². The molecule has 0 saturated heterocycles. The van der Waals surface area contributed by atoms with Crippen molar-refractivity contribution in [2.75, 3.05) is 14.2 Å². The zero-order valence-electron chi connectivity index (χ0n) is 18.3. The summed E-state index contributed by atoms with van der Waals surface area (Å²) in [7, 11) is 3.09. The number of rotatable bonds is 9. The molecule has 0 aliphatic heterocycles. The van der Waals surface area contributed by atoms with Gasteiger partial charge in [0, 0.05) is 41.7 Å². The Morgan fingerprint density at radius 2 is 1.85 bits per heavy atom. The van der Waals surface area contributed by atoms with E-state index in [4.69, 9.17) is 14.2 Å². The molecule has 4 rings (SSSR count). The van der Waals surface area contributed by atoms with E-state index in [1.54, 1.807) is 31.6 Å². The van der Waals surface area contributed by atoms with Gasteiger partial charge in [-0.25, -0.2) is 4.39 Å². The molecule has 0 spiro atoms. The van der Waals surface area contributed by atoms with E-state index < -0.39 is 0 Å². The first-order valence-corrected chi connectivity index (χ1v) is 11.1. The van der Waals surface area contributed by atoms with Crippen LogP contribution in [0.15, 0.2) is 60.9 Å². The number of hydrogen-bond donors (Lipinski definition) is 1. The number of ether oxygens (including phenoxy) is 3. The van der Waals surface area contributed by atoms with Crippen molar-refractivity contribution in [2.45, 2.75) is 19.8 Å². The lowest BCUT2D eigenvalue weighted by atomic mass is 10.1. The van der Waals surface area contributed by atoms with Gasteiger partial charge in [-0.05, 0) is 47.5 Å². The van der Waals surface area contributed by atoms with E-state index in [1.807, 2.05) is 30.3 Å². The molecule has 0 saturated carbocycles. The Morgan fingerprint density at radius 3 is 2.61 bits per heavy atom. The number of benzene rings is 2. The maximum atomic E-state index is 14.4. The molecule has 8 heteroatoms. The minimum Gasteiger partial charge on any atom is -0.493 e. The number of carbonyl (C=O) groups excluding carboxylic acids is 1. The lowest BCUT2D eigenvalue weighted by molar-refractivity contribution is 0.0950. The number of aromatic nitrogens is 1. The number of fused-ring (bicyclic) bond motifs is 1. The molecule has 2 aromatic carbocycles. The molecule has 2 aromatic heterocycles. The van der Waals surface area contributed by atoms with E-state index in [0.29, 0.717) is 38.6 Å². The number of pyridine rings is 1. The third-order valence-corrected chi connectivity index (χ3v) is 6.28. The molecule has 4 aromatic rings. The summed E-state index contributed by atoms with van der Waals surface area (Å²) in [5, 5.41) is 3.35. The van der Waals surface area contributed by atoms with Crippen molar-refractivity contribution in [1.82, 2.24) is 10.3 Å². The second-order valence-corrected chi connectivity index (χ2v) is 8.32. The molecule has 0 aliphatic carbocycles. The Hall–Kier alpha value is -3.49. The predicted molar refractivity (Wildman–Crippen MR) is 125 cm³/mol. The number of hydrogen-bond acceptors (Lipinski definition) is 6. The molecular formula is C25H23FN2O4S. The standard InChI is InChI=1S/C25H23FN2O4S/c1-30-15-18-23-19(26)4-3-5-22(23)33-24(18)25(29)28-13-17-6-7-20(21(12-17)31-2)32-14-16-8-10-27-11-9-16/h3-12H,13-15H2,1-2H3,(H,28,29). The fourth-order valence-corrected chi connectivity index (χ4v) is 4.62. The summed E-state index contributed by atoms with van der Waals surface area (Å²) in [5.74, 6) is 0.535. The molecule has 170 valence electrons. The van der Waals surface area contributed by atoms with E-state index >= 15 is 0 Å². The van der Waals surface area contributed by atoms with Crippen LogP contribution in [0, 0.1) is 5.82 Å². The highest BCUT2D eigenvalue weighted by molar-refractivity contribution is 7.21. The highest BCUT2D eigenvalue weighted by Crippen LogP contribution is 2.34. The second kappa shape index (κ2) is 10.4. The van der Waals surface area contributed by atoms with Crippen molar-refractivity contribution in [3.05, 3.63) is 88.3 Å². The Balaban J connectivity index is 1.47.